The van der Waals surface area contributed by atoms with Crippen LogP contribution in [0.5, 0.6) is 5.75 Å². The van der Waals surface area contributed by atoms with E-state index < -0.39 is 15.9 Å². The molecule has 0 aliphatic carbocycles. The molecule has 0 radical (unpaired) electrons. The summed E-state index contributed by atoms with van der Waals surface area (Å²) in [5.74, 6) is 0.167. The fraction of sp³-hybridized carbons (Fsp3) is 0.250. The zero-order valence-corrected chi connectivity index (χ0v) is 24.4. The molecule has 0 aliphatic rings. The summed E-state index contributed by atoms with van der Waals surface area (Å²) in [6.45, 7) is 8.31. The number of anilines is 1. The van der Waals surface area contributed by atoms with Crippen LogP contribution in [0.3, 0.4) is 0 Å². The summed E-state index contributed by atoms with van der Waals surface area (Å²) in [4.78, 5) is 13.0. The van der Waals surface area contributed by atoms with E-state index in [1.807, 2.05) is 38.1 Å². The Kier molecular flexibility index (Phi) is 9.95. The van der Waals surface area contributed by atoms with Crippen LogP contribution in [0.4, 0.5) is 5.69 Å². The van der Waals surface area contributed by atoms with Crippen molar-refractivity contribution in [1.29, 1.82) is 0 Å². The number of sulfonamides is 1. The van der Waals surface area contributed by atoms with Gasteiger partial charge in [-0.3, -0.25) is 4.79 Å². The van der Waals surface area contributed by atoms with Gasteiger partial charge >= 0.3 is 0 Å². The summed E-state index contributed by atoms with van der Waals surface area (Å²) < 4.78 is 34.4. The van der Waals surface area contributed by atoms with Crippen LogP contribution in [0.25, 0.3) is 6.08 Å². The summed E-state index contributed by atoms with van der Waals surface area (Å²) in [5.41, 5.74) is 3.62. The number of hydrogen-bond donors (Lipinski definition) is 1. The van der Waals surface area contributed by atoms with E-state index >= 15 is 0 Å². The number of amides is 1. The van der Waals surface area contributed by atoms with Crippen LogP contribution in [0, 0.1) is 13.8 Å². The summed E-state index contributed by atoms with van der Waals surface area (Å²) in [6, 6.07) is 16.1. The highest BCUT2D eigenvalue weighted by atomic mass is 79.9. The molecule has 9 heteroatoms. The monoisotopic (exact) mass is 604 g/mol. The van der Waals surface area contributed by atoms with Crippen LogP contribution in [0.15, 0.2) is 70.0 Å². The van der Waals surface area contributed by atoms with Crippen LogP contribution in [0.1, 0.15) is 36.1 Å². The van der Waals surface area contributed by atoms with Gasteiger partial charge in [0.05, 0.1) is 4.90 Å². The first-order chi connectivity index (χ1) is 17.6. The molecule has 0 saturated carbocycles. The van der Waals surface area contributed by atoms with Crippen LogP contribution in [0.2, 0.25) is 5.02 Å². The summed E-state index contributed by atoms with van der Waals surface area (Å²) in [7, 11) is -3.67. The van der Waals surface area contributed by atoms with Gasteiger partial charge in [-0.15, -0.1) is 0 Å². The molecule has 0 aliphatic heterocycles. The highest BCUT2D eigenvalue weighted by Gasteiger charge is 2.23. The Labute approximate surface area is 232 Å². The lowest BCUT2D eigenvalue weighted by Crippen LogP contribution is -2.30. The molecular formula is C28H30BrClN2O4S. The second-order valence-electron chi connectivity index (χ2n) is 8.39. The smallest absolute Gasteiger partial charge is 0.248 e. The summed E-state index contributed by atoms with van der Waals surface area (Å²) in [5, 5.41) is 3.33. The van der Waals surface area contributed by atoms with Crippen LogP contribution < -0.4 is 10.1 Å². The third-order valence-electron chi connectivity index (χ3n) is 5.97. The van der Waals surface area contributed by atoms with Gasteiger partial charge in [-0.25, -0.2) is 8.42 Å². The third-order valence-corrected chi connectivity index (χ3v) is 9.01. The van der Waals surface area contributed by atoms with Gasteiger partial charge < -0.3 is 10.1 Å². The summed E-state index contributed by atoms with van der Waals surface area (Å²) >= 11 is 9.71. The molecule has 3 aromatic rings. The van der Waals surface area contributed by atoms with Gasteiger partial charge in [0.1, 0.15) is 12.4 Å². The van der Waals surface area contributed by atoms with Gasteiger partial charge in [0.25, 0.3) is 0 Å². The lowest BCUT2D eigenvalue weighted by atomic mass is 10.1. The van der Waals surface area contributed by atoms with Crippen molar-refractivity contribution in [3.63, 3.8) is 0 Å². The van der Waals surface area contributed by atoms with E-state index in [9.17, 15) is 13.2 Å². The molecule has 37 heavy (non-hydrogen) atoms. The van der Waals surface area contributed by atoms with E-state index in [2.05, 4.69) is 21.2 Å². The first-order valence-electron chi connectivity index (χ1n) is 11.8. The number of aryl methyl sites for hydroxylation is 1. The normalized spacial score (nSPS) is 11.8. The molecule has 0 aromatic heterocycles. The van der Waals surface area contributed by atoms with Gasteiger partial charge in [0.15, 0.2) is 0 Å². The maximum atomic E-state index is 13.0. The average molecular weight is 606 g/mol. The number of hydrogen-bond acceptors (Lipinski definition) is 4. The van der Waals surface area contributed by atoms with Crippen molar-refractivity contribution in [3.8, 4) is 5.75 Å². The quantitative estimate of drug-likeness (QED) is 0.253. The highest BCUT2D eigenvalue weighted by Crippen LogP contribution is 2.28. The van der Waals surface area contributed by atoms with E-state index in [0.29, 0.717) is 41.7 Å². The molecule has 0 heterocycles. The van der Waals surface area contributed by atoms with Gasteiger partial charge in [-0.05, 0) is 67.4 Å². The van der Waals surface area contributed by atoms with Crippen LogP contribution in [-0.4, -0.2) is 31.7 Å². The minimum absolute atomic E-state index is 0.149. The van der Waals surface area contributed by atoms with Crippen molar-refractivity contribution in [2.24, 2.45) is 0 Å². The minimum Gasteiger partial charge on any atom is -0.488 e. The number of carbonyl (C=O) groups is 1. The van der Waals surface area contributed by atoms with E-state index in [4.69, 9.17) is 16.3 Å². The van der Waals surface area contributed by atoms with Crippen LogP contribution >= 0.6 is 27.5 Å². The molecule has 0 saturated heterocycles. The molecule has 0 atom stereocenters. The van der Waals surface area contributed by atoms with Crippen molar-refractivity contribution < 1.29 is 17.9 Å². The molecule has 0 bridgehead atoms. The molecule has 1 N–H and O–H groups in total. The zero-order chi connectivity index (χ0) is 27.2. The number of halogens is 2. The lowest BCUT2D eigenvalue weighted by molar-refractivity contribution is -0.111. The van der Waals surface area contributed by atoms with E-state index in [0.717, 1.165) is 21.2 Å². The molecule has 6 nitrogen and oxygen atoms in total. The van der Waals surface area contributed by atoms with E-state index in [-0.39, 0.29) is 4.90 Å². The second-order valence-corrected chi connectivity index (χ2v) is 11.6. The molecule has 3 rings (SSSR count). The Morgan fingerprint density at radius 2 is 1.78 bits per heavy atom. The van der Waals surface area contributed by atoms with Crippen molar-refractivity contribution in [2.45, 2.75) is 39.2 Å². The SMILES string of the molecule is CCN(CC)S(=O)(=O)c1cc(C)c(C)c(NC(=O)/C=C/c2cc(Cl)ccc2OCc2ccccc2Br)c1. The second kappa shape index (κ2) is 12.7. The molecule has 0 spiro atoms. The number of nitrogens with zero attached hydrogens (tertiary/aromatic N) is 1. The summed E-state index contributed by atoms with van der Waals surface area (Å²) in [6.07, 6.45) is 2.99. The first-order valence-corrected chi connectivity index (χ1v) is 14.4. The number of rotatable bonds is 10. The Bertz CT molecular complexity index is 1420. The Balaban J connectivity index is 1.82. The largest absolute Gasteiger partial charge is 0.488 e. The van der Waals surface area contributed by atoms with Gasteiger partial charge in [0.2, 0.25) is 15.9 Å². The fourth-order valence-electron chi connectivity index (χ4n) is 3.71. The molecular weight excluding hydrogens is 576 g/mol. The van der Waals surface area contributed by atoms with Crippen molar-refractivity contribution in [1.82, 2.24) is 4.31 Å². The predicted octanol–water partition coefficient (Wildman–Crippen LogP) is 6.98. The van der Waals surface area contributed by atoms with Crippen molar-refractivity contribution >= 4 is 55.2 Å². The van der Waals surface area contributed by atoms with E-state index in [1.165, 1.54) is 16.4 Å². The third kappa shape index (κ3) is 7.23. The highest BCUT2D eigenvalue weighted by molar-refractivity contribution is 9.10. The molecule has 196 valence electrons. The first kappa shape index (κ1) is 28.9. The Morgan fingerprint density at radius 3 is 2.46 bits per heavy atom. The molecule has 1 amide bonds. The zero-order valence-electron chi connectivity index (χ0n) is 21.2. The maximum Gasteiger partial charge on any atom is 0.248 e. The maximum absolute atomic E-state index is 13.0. The number of nitrogens with one attached hydrogen (secondary N) is 1. The predicted molar refractivity (Wildman–Crippen MR) is 154 cm³/mol. The van der Waals surface area contributed by atoms with Gasteiger partial charge in [-0.2, -0.15) is 4.31 Å². The molecule has 0 unspecified atom stereocenters. The van der Waals surface area contributed by atoms with Gasteiger partial charge in [0, 0.05) is 45.5 Å². The van der Waals surface area contributed by atoms with Crippen molar-refractivity contribution in [2.75, 3.05) is 18.4 Å². The minimum atomic E-state index is -3.67. The standard InChI is InChI=1S/C28H30BrClN2O4S/c1-5-32(6-2)37(34,35)24-15-19(3)20(4)26(17-24)31-28(33)14-11-21-16-23(30)12-13-27(21)36-18-22-9-7-8-10-25(22)29/h7-17H,5-6,18H2,1-4H3,(H,31,33)/b14-11+. The lowest BCUT2D eigenvalue weighted by Gasteiger charge is -2.20. The fourth-order valence-corrected chi connectivity index (χ4v) is 5.86. The van der Waals surface area contributed by atoms with Crippen LogP contribution in [-0.2, 0) is 21.4 Å². The van der Waals surface area contributed by atoms with Crippen molar-refractivity contribution in [3.05, 3.63) is 92.4 Å². The average Bonchev–Trinajstić information content (AvgIpc) is 2.86. The number of carbonyl (C=O) groups excluding carboxylic acids is 1. The molecule has 0 fully saturated rings. The Morgan fingerprint density at radius 1 is 1.08 bits per heavy atom. The Hall–Kier alpha value is -2.65. The van der Waals surface area contributed by atoms with Gasteiger partial charge in [-0.1, -0.05) is 59.6 Å². The number of benzene rings is 3. The molecule has 3 aromatic carbocycles. The topological polar surface area (TPSA) is 75.7 Å². The van der Waals surface area contributed by atoms with E-state index in [1.54, 1.807) is 44.2 Å². The number of ether oxygens (including phenoxy) is 1.